The maximum atomic E-state index is 12.1. The van der Waals surface area contributed by atoms with E-state index in [1.54, 1.807) is 10.7 Å². The van der Waals surface area contributed by atoms with Gasteiger partial charge in [0.2, 0.25) is 15.8 Å². The third-order valence-electron chi connectivity index (χ3n) is 4.46. The lowest BCUT2D eigenvalue weighted by atomic mass is 10.2. The molecule has 1 fully saturated rings. The molecule has 0 aromatic carbocycles. The summed E-state index contributed by atoms with van der Waals surface area (Å²) in [6, 6.07) is 3.50. The van der Waals surface area contributed by atoms with Gasteiger partial charge in [0.25, 0.3) is 5.91 Å². The van der Waals surface area contributed by atoms with Crippen molar-refractivity contribution in [2.24, 2.45) is 0 Å². The summed E-state index contributed by atoms with van der Waals surface area (Å²) in [4.78, 5) is 12.1. The second-order valence-corrected chi connectivity index (χ2v) is 8.50. The number of aromatic nitrogens is 3. The Morgan fingerprint density at radius 3 is 2.88 bits per heavy atom. The average Bonchev–Trinajstić information content (AvgIpc) is 3.15. The number of hydrogen-bond donors (Lipinski definition) is 1. The van der Waals surface area contributed by atoms with Crippen LogP contribution in [0.3, 0.4) is 0 Å². The van der Waals surface area contributed by atoms with Gasteiger partial charge in [0.1, 0.15) is 0 Å². The van der Waals surface area contributed by atoms with E-state index in [1.807, 2.05) is 6.07 Å². The predicted molar refractivity (Wildman–Crippen MR) is 87.1 cm³/mol. The van der Waals surface area contributed by atoms with Crippen molar-refractivity contribution < 1.29 is 17.7 Å². The molecule has 10 heteroatoms. The second kappa shape index (κ2) is 5.95. The van der Waals surface area contributed by atoms with Gasteiger partial charge in [-0.05, 0) is 18.9 Å². The molecule has 2 aromatic rings. The highest BCUT2D eigenvalue weighted by atomic mass is 32.2. The number of nitrogens with zero attached hydrogens (tertiary/aromatic N) is 4. The first-order valence-corrected chi connectivity index (χ1v) is 10.0. The zero-order chi connectivity index (χ0) is 17.6. The molecule has 0 bridgehead atoms. The van der Waals surface area contributed by atoms with Crippen LogP contribution in [0.15, 0.2) is 16.7 Å². The lowest BCUT2D eigenvalue weighted by Gasteiger charge is -2.25. The van der Waals surface area contributed by atoms with Gasteiger partial charge in [-0.2, -0.15) is 9.40 Å². The van der Waals surface area contributed by atoms with Gasteiger partial charge < -0.3 is 9.84 Å². The van der Waals surface area contributed by atoms with Crippen LogP contribution in [-0.2, 0) is 29.7 Å². The highest BCUT2D eigenvalue weighted by Crippen LogP contribution is 2.39. The molecule has 0 saturated heterocycles. The van der Waals surface area contributed by atoms with Gasteiger partial charge in [0.05, 0.1) is 43.0 Å². The van der Waals surface area contributed by atoms with Gasteiger partial charge in [-0.3, -0.25) is 9.48 Å². The van der Waals surface area contributed by atoms with E-state index in [2.05, 4.69) is 15.6 Å². The summed E-state index contributed by atoms with van der Waals surface area (Å²) in [7, 11) is -3.22. The Kier molecular flexibility index (Phi) is 3.88. The molecule has 0 atom stereocenters. The smallest absolute Gasteiger partial charge is 0.290 e. The molecule has 2 aliphatic rings. The molecule has 1 amide bonds. The molecule has 134 valence electrons. The minimum absolute atomic E-state index is 0.203. The lowest BCUT2D eigenvalue weighted by Crippen LogP contribution is -2.37. The fourth-order valence-corrected chi connectivity index (χ4v) is 3.68. The van der Waals surface area contributed by atoms with Crippen molar-refractivity contribution >= 4 is 15.9 Å². The highest BCUT2D eigenvalue weighted by Gasteiger charge is 2.28. The van der Waals surface area contributed by atoms with Crippen LogP contribution in [0.2, 0.25) is 0 Å². The average molecular weight is 365 g/mol. The van der Waals surface area contributed by atoms with E-state index >= 15 is 0 Å². The van der Waals surface area contributed by atoms with E-state index in [0.717, 1.165) is 24.2 Å². The number of nitrogens with one attached hydrogen (secondary N) is 1. The van der Waals surface area contributed by atoms with Gasteiger partial charge >= 0.3 is 0 Å². The molecule has 0 unspecified atom stereocenters. The second-order valence-electron chi connectivity index (χ2n) is 6.52. The van der Waals surface area contributed by atoms with Crippen molar-refractivity contribution in [2.45, 2.75) is 38.4 Å². The van der Waals surface area contributed by atoms with E-state index < -0.39 is 10.0 Å². The quantitative estimate of drug-likeness (QED) is 0.824. The van der Waals surface area contributed by atoms with Crippen molar-refractivity contribution in [1.82, 2.24) is 24.6 Å². The molecule has 1 aliphatic heterocycles. The van der Waals surface area contributed by atoms with Crippen LogP contribution < -0.4 is 5.32 Å². The zero-order valence-corrected chi connectivity index (χ0v) is 14.6. The number of fused-ring (bicyclic) bond motifs is 1. The third kappa shape index (κ3) is 3.45. The topological polar surface area (TPSA) is 110 Å². The standard InChI is InChI=1S/C15H19N5O4S/c1-25(22,23)19-4-5-20-12(9-19)6-11(17-20)8-16-15(21)14-7-13(18-24-14)10-2-3-10/h6-7,10H,2-5,8-9H2,1H3,(H,16,21). The molecule has 1 aliphatic carbocycles. The van der Waals surface area contributed by atoms with E-state index in [9.17, 15) is 13.2 Å². The fourth-order valence-electron chi connectivity index (χ4n) is 2.90. The molecule has 0 radical (unpaired) electrons. The van der Waals surface area contributed by atoms with Crippen LogP contribution in [0.25, 0.3) is 0 Å². The Morgan fingerprint density at radius 1 is 1.36 bits per heavy atom. The van der Waals surface area contributed by atoms with Crippen molar-refractivity contribution in [2.75, 3.05) is 12.8 Å². The van der Waals surface area contributed by atoms with Crippen molar-refractivity contribution in [3.05, 3.63) is 35.0 Å². The molecular formula is C15H19N5O4S. The van der Waals surface area contributed by atoms with E-state index in [4.69, 9.17) is 4.52 Å². The Hall–Kier alpha value is -2.20. The van der Waals surface area contributed by atoms with Crippen molar-refractivity contribution in [1.29, 1.82) is 0 Å². The molecule has 2 aromatic heterocycles. The summed E-state index contributed by atoms with van der Waals surface area (Å²) in [6.45, 7) is 1.45. The molecular weight excluding hydrogens is 346 g/mol. The largest absolute Gasteiger partial charge is 0.351 e. The van der Waals surface area contributed by atoms with Crippen LogP contribution in [-0.4, -0.2) is 46.4 Å². The summed E-state index contributed by atoms with van der Waals surface area (Å²) >= 11 is 0. The van der Waals surface area contributed by atoms with E-state index in [1.165, 1.54) is 10.6 Å². The molecule has 4 rings (SSSR count). The van der Waals surface area contributed by atoms with Crippen LogP contribution in [0, 0.1) is 0 Å². The van der Waals surface area contributed by atoms with Crippen molar-refractivity contribution in [3.8, 4) is 0 Å². The zero-order valence-electron chi connectivity index (χ0n) is 13.8. The van der Waals surface area contributed by atoms with Crippen LogP contribution >= 0.6 is 0 Å². The molecule has 3 heterocycles. The first-order chi connectivity index (χ1) is 11.9. The number of carbonyl (C=O) groups is 1. The molecule has 25 heavy (non-hydrogen) atoms. The Bertz CT molecular complexity index is 912. The fraction of sp³-hybridized carbons (Fsp3) is 0.533. The van der Waals surface area contributed by atoms with E-state index in [0.29, 0.717) is 31.2 Å². The minimum Gasteiger partial charge on any atom is -0.351 e. The molecule has 0 spiro atoms. The van der Waals surface area contributed by atoms with Gasteiger partial charge in [0, 0.05) is 18.5 Å². The number of hydrogen-bond acceptors (Lipinski definition) is 6. The Morgan fingerprint density at radius 2 is 2.16 bits per heavy atom. The maximum Gasteiger partial charge on any atom is 0.290 e. The van der Waals surface area contributed by atoms with Crippen LogP contribution in [0.5, 0.6) is 0 Å². The van der Waals surface area contributed by atoms with Crippen LogP contribution in [0.4, 0.5) is 0 Å². The predicted octanol–water partition coefficient (Wildman–Crippen LogP) is 0.454. The maximum absolute atomic E-state index is 12.1. The van der Waals surface area contributed by atoms with Crippen LogP contribution in [0.1, 0.15) is 46.4 Å². The third-order valence-corrected chi connectivity index (χ3v) is 5.71. The van der Waals surface area contributed by atoms with Gasteiger partial charge in [-0.1, -0.05) is 5.16 Å². The first kappa shape index (κ1) is 16.3. The van der Waals surface area contributed by atoms with Gasteiger partial charge in [0.15, 0.2) is 0 Å². The molecule has 1 N–H and O–H groups in total. The monoisotopic (exact) mass is 365 g/mol. The summed E-state index contributed by atoms with van der Waals surface area (Å²) in [6.07, 6.45) is 3.39. The number of amides is 1. The number of rotatable bonds is 5. The first-order valence-electron chi connectivity index (χ1n) is 8.16. The summed E-state index contributed by atoms with van der Waals surface area (Å²) in [5, 5.41) is 11.1. The van der Waals surface area contributed by atoms with Gasteiger partial charge in [-0.15, -0.1) is 0 Å². The normalized spacial score (nSPS) is 18.1. The number of carbonyl (C=O) groups excluding carboxylic acids is 1. The SMILES string of the molecule is CS(=O)(=O)N1CCn2nc(CNC(=O)c3cc(C4CC4)no3)cc2C1. The minimum atomic E-state index is -3.22. The van der Waals surface area contributed by atoms with Gasteiger partial charge in [-0.25, -0.2) is 8.42 Å². The summed E-state index contributed by atoms with van der Waals surface area (Å²) < 4.78 is 31.6. The summed E-state index contributed by atoms with van der Waals surface area (Å²) in [5.74, 6) is 0.306. The lowest BCUT2D eigenvalue weighted by molar-refractivity contribution is 0.0913. The molecule has 9 nitrogen and oxygen atoms in total. The van der Waals surface area contributed by atoms with Crippen molar-refractivity contribution in [3.63, 3.8) is 0 Å². The number of sulfonamides is 1. The Labute approximate surface area is 145 Å². The molecule has 1 saturated carbocycles. The van der Waals surface area contributed by atoms with E-state index in [-0.39, 0.29) is 18.2 Å². The Balaban J connectivity index is 1.38. The highest BCUT2D eigenvalue weighted by molar-refractivity contribution is 7.88. The summed E-state index contributed by atoms with van der Waals surface area (Å²) in [5.41, 5.74) is 2.33.